The average molecular weight is 454 g/mol. The Hall–Kier alpha value is -3.79. The fourth-order valence-electron chi connectivity index (χ4n) is 3.22. The molecule has 0 radical (unpaired) electrons. The van der Waals surface area contributed by atoms with E-state index in [1.807, 2.05) is 25.1 Å². The first-order valence-corrected chi connectivity index (χ1v) is 10.6. The van der Waals surface area contributed by atoms with Crippen LogP contribution in [-0.4, -0.2) is 24.6 Å². The molecule has 0 spiro atoms. The van der Waals surface area contributed by atoms with E-state index >= 15 is 0 Å². The van der Waals surface area contributed by atoms with Gasteiger partial charge in [-0.1, -0.05) is 24.3 Å². The summed E-state index contributed by atoms with van der Waals surface area (Å²) in [4.78, 5) is 56.4. The van der Waals surface area contributed by atoms with E-state index in [0.29, 0.717) is 16.5 Å². The first-order chi connectivity index (χ1) is 15.3. The molecule has 0 fully saturated rings. The summed E-state index contributed by atoms with van der Waals surface area (Å²) in [5.74, 6) is -0.221. The van der Waals surface area contributed by atoms with Gasteiger partial charge in [-0.05, 0) is 24.6 Å². The van der Waals surface area contributed by atoms with Gasteiger partial charge in [0.15, 0.2) is 5.13 Å². The molecule has 9 nitrogen and oxygen atoms in total. The fraction of sp³-hybridized carbons (Fsp3) is 0.227. The highest BCUT2D eigenvalue weighted by molar-refractivity contribution is 7.14. The van der Waals surface area contributed by atoms with Crippen molar-refractivity contribution in [2.45, 2.75) is 33.5 Å². The highest BCUT2D eigenvalue weighted by atomic mass is 32.1. The topological polar surface area (TPSA) is 99.2 Å². The van der Waals surface area contributed by atoms with Crippen molar-refractivity contribution in [1.29, 1.82) is 0 Å². The Labute approximate surface area is 187 Å². The number of hydrogen-bond donors (Lipinski definition) is 0. The third-order valence-corrected chi connectivity index (χ3v) is 5.51. The van der Waals surface area contributed by atoms with E-state index in [2.05, 4.69) is 18.1 Å². The molecule has 3 aromatic rings. The number of thiazole rings is 1. The van der Waals surface area contributed by atoms with Crippen LogP contribution in [0.5, 0.6) is 0 Å². The van der Waals surface area contributed by atoms with Crippen LogP contribution in [-0.2, 0) is 24.4 Å². The summed E-state index contributed by atoms with van der Waals surface area (Å²) in [5.41, 5.74) is -0.157. The minimum Gasteiger partial charge on any atom is -0.274 e. The molecule has 0 aliphatic heterocycles. The Morgan fingerprint density at radius 1 is 1.06 bits per heavy atom. The van der Waals surface area contributed by atoms with Crippen LogP contribution in [0.4, 0.5) is 10.8 Å². The maximum Gasteiger partial charge on any atom is 0.336 e. The van der Waals surface area contributed by atoms with E-state index in [0.717, 1.165) is 19.3 Å². The van der Waals surface area contributed by atoms with E-state index < -0.39 is 17.1 Å². The lowest BCUT2D eigenvalue weighted by molar-refractivity contribution is -0.115. The zero-order valence-corrected chi connectivity index (χ0v) is 18.7. The molecule has 2 heterocycles. The minimum absolute atomic E-state index is 0.0388. The van der Waals surface area contributed by atoms with Gasteiger partial charge in [0.2, 0.25) is 5.91 Å². The van der Waals surface area contributed by atoms with Gasteiger partial charge >= 0.3 is 17.1 Å². The summed E-state index contributed by atoms with van der Waals surface area (Å²) in [5, 5.41) is 2.09. The quantitative estimate of drug-likeness (QED) is 0.486. The fourth-order valence-corrected chi connectivity index (χ4v) is 4.09. The molecular weight excluding hydrogens is 430 g/mol. The summed E-state index contributed by atoms with van der Waals surface area (Å²) < 4.78 is 2.80. The largest absolute Gasteiger partial charge is 0.336 e. The lowest BCUT2D eigenvalue weighted by atomic mass is 10.2. The third-order valence-electron chi connectivity index (χ3n) is 4.63. The Morgan fingerprint density at radius 2 is 1.66 bits per heavy atom. The van der Waals surface area contributed by atoms with Gasteiger partial charge in [0, 0.05) is 12.3 Å². The van der Waals surface area contributed by atoms with Crippen molar-refractivity contribution in [3.8, 4) is 0 Å². The number of nitrogens with zero attached hydrogens (tertiary/aromatic N) is 5. The van der Waals surface area contributed by atoms with Gasteiger partial charge in [-0.2, -0.15) is 0 Å². The van der Waals surface area contributed by atoms with Crippen LogP contribution in [0.3, 0.4) is 0 Å². The van der Waals surface area contributed by atoms with Gasteiger partial charge in [0.25, 0.3) is 0 Å². The molecule has 2 aromatic heterocycles. The summed E-state index contributed by atoms with van der Waals surface area (Å²) in [6, 6.07) is 7.44. The van der Waals surface area contributed by atoms with Crippen LogP contribution >= 0.6 is 11.3 Å². The average Bonchev–Trinajstić information content (AvgIpc) is 3.19. The number of amides is 1. The van der Waals surface area contributed by atoms with Crippen LogP contribution < -0.4 is 22.0 Å². The molecule has 0 aliphatic carbocycles. The smallest absolute Gasteiger partial charge is 0.274 e. The van der Waals surface area contributed by atoms with Gasteiger partial charge in [0.1, 0.15) is 0 Å². The van der Waals surface area contributed by atoms with E-state index in [1.54, 1.807) is 11.4 Å². The van der Waals surface area contributed by atoms with Gasteiger partial charge in [0.05, 0.1) is 31.0 Å². The van der Waals surface area contributed by atoms with Gasteiger partial charge in [-0.3, -0.25) is 9.69 Å². The minimum atomic E-state index is -0.753. The third kappa shape index (κ3) is 4.45. The maximum absolute atomic E-state index is 12.8. The Balaban J connectivity index is 2.06. The molecule has 0 saturated carbocycles. The SMILES string of the molecule is C=CCn1c(=O)n(CC=C)c(=O)n(Cc2csc(N(C(C)=O)c3cccc(C)c3)n2)c1=O. The van der Waals surface area contributed by atoms with Crippen molar-refractivity contribution >= 4 is 28.1 Å². The van der Waals surface area contributed by atoms with Crippen LogP contribution in [0.2, 0.25) is 0 Å². The van der Waals surface area contributed by atoms with Crippen LogP contribution in [0.1, 0.15) is 18.2 Å². The molecular formula is C22H23N5O4S. The monoisotopic (exact) mass is 453 g/mol. The first kappa shape index (κ1) is 22.9. The Bertz CT molecular complexity index is 1310. The lowest BCUT2D eigenvalue weighted by Gasteiger charge is -2.18. The molecule has 0 bridgehead atoms. The van der Waals surface area contributed by atoms with E-state index in [9.17, 15) is 19.2 Å². The molecule has 10 heteroatoms. The molecule has 3 rings (SSSR count). The Kier molecular flexibility index (Phi) is 6.84. The van der Waals surface area contributed by atoms with Crippen molar-refractivity contribution < 1.29 is 4.79 Å². The van der Waals surface area contributed by atoms with Crippen molar-refractivity contribution in [2.24, 2.45) is 0 Å². The predicted molar refractivity (Wildman–Crippen MR) is 125 cm³/mol. The summed E-state index contributed by atoms with van der Waals surface area (Å²) in [7, 11) is 0. The predicted octanol–water partition coefficient (Wildman–Crippen LogP) is 2.04. The molecule has 0 atom stereocenters. The normalized spacial score (nSPS) is 10.7. The zero-order valence-electron chi connectivity index (χ0n) is 17.9. The summed E-state index contributed by atoms with van der Waals surface area (Å²) in [6.07, 6.45) is 2.81. The van der Waals surface area contributed by atoms with Gasteiger partial charge < -0.3 is 0 Å². The number of allylic oxidation sites excluding steroid dienone is 2. The number of carbonyl (C=O) groups excluding carboxylic acids is 1. The van der Waals surface area contributed by atoms with Crippen LogP contribution in [0.25, 0.3) is 0 Å². The van der Waals surface area contributed by atoms with E-state index in [-0.39, 0.29) is 25.5 Å². The van der Waals surface area contributed by atoms with Gasteiger partial charge in [-0.25, -0.2) is 33.1 Å². The van der Waals surface area contributed by atoms with Crippen LogP contribution in [0.15, 0.2) is 69.3 Å². The van der Waals surface area contributed by atoms with Crippen molar-refractivity contribution in [2.75, 3.05) is 4.90 Å². The number of hydrogen-bond acceptors (Lipinski definition) is 6. The second-order valence-corrected chi connectivity index (χ2v) is 7.88. The summed E-state index contributed by atoms with van der Waals surface area (Å²) in [6.45, 7) is 10.3. The number of carbonyl (C=O) groups is 1. The highest BCUT2D eigenvalue weighted by Crippen LogP contribution is 2.29. The van der Waals surface area contributed by atoms with Crippen molar-refractivity contribution in [3.63, 3.8) is 0 Å². The van der Waals surface area contributed by atoms with Crippen molar-refractivity contribution in [1.82, 2.24) is 18.7 Å². The molecule has 0 saturated heterocycles. The molecule has 0 aliphatic rings. The maximum atomic E-state index is 12.8. The highest BCUT2D eigenvalue weighted by Gasteiger charge is 2.20. The molecule has 1 amide bonds. The number of aryl methyl sites for hydroxylation is 1. The second-order valence-electron chi connectivity index (χ2n) is 7.05. The van der Waals surface area contributed by atoms with Gasteiger partial charge in [-0.15, -0.1) is 24.5 Å². The summed E-state index contributed by atoms with van der Waals surface area (Å²) >= 11 is 1.22. The number of benzene rings is 1. The zero-order chi connectivity index (χ0) is 23.4. The molecule has 0 N–H and O–H groups in total. The second kappa shape index (κ2) is 9.56. The van der Waals surface area contributed by atoms with E-state index in [4.69, 9.17) is 0 Å². The van der Waals surface area contributed by atoms with Crippen LogP contribution in [0, 0.1) is 6.92 Å². The van der Waals surface area contributed by atoms with E-state index in [1.165, 1.54) is 35.3 Å². The molecule has 166 valence electrons. The molecule has 0 unspecified atom stereocenters. The number of rotatable bonds is 8. The molecule has 1 aromatic carbocycles. The van der Waals surface area contributed by atoms with Crippen molar-refractivity contribution in [3.05, 3.63) is 97.7 Å². The first-order valence-electron chi connectivity index (χ1n) is 9.76. The number of aromatic nitrogens is 4. The Morgan fingerprint density at radius 3 is 2.19 bits per heavy atom. The lowest BCUT2D eigenvalue weighted by Crippen LogP contribution is -2.54. The standard InChI is InChI=1S/C22H23N5O4S/c1-5-10-24-20(29)25(11-6-2)22(31)26(21(24)30)13-17-14-32-19(23-17)27(16(4)28)18-9-7-8-15(3)12-18/h5-9,12,14H,1-2,10-11,13H2,3-4H3. The number of anilines is 2. The molecule has 32 heavy (non-hydrogen) atoms.